The van der Waals surface area contributed by atoms with E-state index in [-0.39, 0.29) is 0 Å². The monoisotopic (exact) mass is 192 g/mol. The third-order valence-electron chi connectivity index (χ3n) is 1.36. The molecule has 12 heavy (non-hydrogen) atoms. The minimum absolute atomic E-state index is 0.334. The number of rotatable bonds is 0. The van der Waals surface area contributed by atoms with Crippen LogP contribution in [0.2, 0.25) is 0 Å². The zero-order valence-electron chi connectivity index (χ0n) is 5.94. The van der Waals surface area contributed by atoms with Gasteiger partial charge in [0.1, 0.15) is 12.1 Å². The molecule has 0 aliphatic carbocycles. The van der Waals surface area contributed by atoms with Gasteiger partial charge in [-0.25, -0.2) is 0 Å². The maximum atomic E-state index is 8.60. The van der Waals surface area contributed by atoms with Gasteiger partial charge in [0.25, 0.3) is 0 Å². The third kappa shape index (κ3) is 1.55. The molecule has 1 rings (SSSR count). The second-order valence-electron chi connectivity index (χ2n) is 2.11. The highest BCUT2D eigenvalue weighted by atomic mass is 32.1. The smallest absolute Gasteiger partial charge is 0.101 e. The fourth-order valence-electron chi connectivity index (χ4n) is 0.762. The average molecular weight is 192 g/mol. The highest BCUT2D eigenvalue weighted by Gasteiger charge is 2.04. The van der Waals surface area contributed by atoms with Gasteiger partial charge in [-0.15, -0.1) is 25.3 Å². The summed E-state index contributed by atoms with van der Waals surface area (Å²) in [6.45, 7) is 0. The van der Waals surface area contributed by atoms with Crippen molar-refractivity contribution in [3.63, 3.8) is 0 Å². The highest BCUT2D eigenvalue weighted by Crippen LogP contribution is 2.22. The summed E-state index contributed by atoms with van der Waals surface area (Å²) in [6, 6.07) is 6.88. The van der Waals surface area contributed by atoms with Crippen LogP contribution in [0.3, 0.4) is 0 Å². The molecule has 0 N–H and O–H groups in total. The van der Waals surface area contributed by atoms with Crippen LogP contribution in [0.15, 0.2) is 21.9 Å². The van der Waals surface area contributed by atoms with Crippen LogP contribution in [0.4, 0.5) is 0 Å². The van der Waals surface area contributed by atoms with Crippen LogP contribution in [0, 0.1) is 22.7 Å². The summed E-state index contributed by atoms with van der Waals surface area (Å²) in [5.41, 5.74) is 0.667. The van der Waals surface area contributed by atoms with Gasteiger partial charge in [0.15, 0.2) is 0 Å². The summed E-state index contributed by atoms with van der Waals surface area (Å²) in [5, 5.41) is 17.2. The number of benzene rings is 1. The Kier molecular flexibility index (Phi) is 2.65. The van der Waals surface area contributed by atoms with Crippen molar-refractivity contribution in [1.82, 2.24) is 0 Å². The van der Waals surface area contributed by atoms with E-state index in [9.17, 15) is 0 Å². The van der Waals surface area contributed by atoms with Gasteiger partial charge >= 0.3 is 0 Å². The highest BCUT2D eigenvalue weighted by molar-refractivity contribution is 7.83. The van der Waals surface area contributed by atoms with Gasteiger partial charge in [-0.1, -0.05) is 0 Å². The first-order valence-corrected chi connectivity index (χ1v) is 3.94. The Morgan fingerprint density at radius 3 is 1.50 bits per heavy atom. The van der Waals surface area contributed by atoms with Crippen molar-refractivity contribution in [2.24, 2.45) is 0 Å². The number of hydrogen-bond acceptors (Lipinski definition) is 4. The minimum Gasteiger partial charge on any atom is -0.192 e. The van der Waals surface area contributed by atoms with Gasteiger partial charge in [0.05, 0.1) is 11.1 Å². The zero-order valence-corrected chi connectivity index (χ0v) is 7.73. The Labute approximate surface area is 81.3 Å². The fraction of sp³-hybridized carbons (Fsp3) is 0. The molecular weight excluding hydrogens is 188 g/mol. The topological polar surface area (TPSA) is 47.6 Å². The Morgan fingerprint density at radius 1 is 0.917 bits per heavy atom. The van der Waals surface area contributed by atoms with E-state index in [4.69, 9.17) is 10.5 Å². The van der Waals surface area contributed by atoms with Crippen molar-refractivity contribution in [2.45, 2.75) is 9.79 Å². The molecule has 0 aliphatic heterocycles. The summed E-state index contributed by atoms with van der Waals surface area (Å²) in [6.07, 6.45) is 0. The second kappa shape index (κ2) is 3.53. The third-order valence-corrected chi connectivity index (χ3v) is 2.27. The summed E-state index contributed by atoms with van der Waals surface area (Å²) >= 11 is 8.14. The maximum Gasteiger partial charge on any atom is 0.101 e. The van der Waals surface area contributed by atoms with Crippen LogP contribution >= 0.6 is 25.3 Å². The first-order chi connectivity index (χ1) is 5.69. The van der Waals surface area contributed by atoms with Gasteiger partial charge in [0.2, 0.25) is 0 Å². The summed E-state index contributed by atoms with van der Waals surface area (Å²) in [4.78, 5) is 1.21. The molecule has 0 saturated carbocycles. The standard InChI is InChI=1S/C8H4N2S2/c9-3-5-1-7(11)8(12)2-6(5)4-10/h1-2,11-12H. The lowest BCUT2D eigenvalue weighted by Crippen LogP contribution is -1.84. The molecule has 0 bridgehead atoms. The van der Waals surface area contributed by atoms with Crippen molar-refractivity contribution >= 4 is 25.3 Å². The number of thiol groups is 2. The molecule has 0 atom stereocenters. The molecule has 0 amide bonds. The quantitative estimate of drug-likeness (QED) is 0.618. The van der Waals surface area contributed by atoms with Crippen LogP contribution in [0.1, 0.15) is 11.1 Å². The van der Waals surface area contributed by atoms with E-state index in [1.165, 1.54) is 12.1 Å². The molecule has 4 heteroatoms. The van der Waals surface area contributed by atoms with Gasteiger partial charge in [-0.2, -0.15) is 10.5 Å². The van der Waals surface area contributed by atoms with Crippen LogP contribution in [-0.2, 0) is 0 Å². The number of nitriles is 2. The van der Waals surface area contributed by atoms with Crippen LogP contribution in [-0.4, -0.2) is 0 Å². The first kappa shape index (κ1) is 8.99. The van der Waals surface area contributed by atoms with E-state index in [1.54, 1.807) is 0 Å². The van der Waals surface area contributed by atoms with Crippen LogP contribution < -0.4 is 0 Å². The molecule has 2 nitrogen and oxygen atoms in total. The van der Waals surface area contributed by atoms with Gasteiger partial charge in [-0.3, -0.25) is 0 Å². The SMILES string of the molecule is N#Cc1cc(S)c(S)cc1C#N. The van der Waals surface area contributed by atoms with E-state index in [1.807, 2.05) is 12.1 Å². The van der Waals surface area contributed by atoms with E-state index in [2.05, 4.69) is 25.3 Å². The molecule has 0 aromatic heterocycles. The lowest BCUT2D eigenvalue weighted by molar-refractivity contribution is 1.23. The van der Waals surface area contributed by atoms with E-state index in [0.29, 0.717) is 20.9 Å². The Hall–Kier alpha value is -1.10. The summed E-state index contributed by atoms with van der Waals surface area (Å²) < 4.78 is 0. The molecule has 0 unspecified atom stereocenters. The second-order valence-corrected chi connectivity index (χ2v) is 3.07. The molecule has 58 valence electrons. The molecule has 0 fully saturated rings. The number of hydrogen-bond donors (Lipinski definition) is 2. The molecule has 0 aliphatic rings. The fourth-order valence-corrected chi connectivity index (χ4v) is 1.15. The van der Waals surface area contributed by atoms with Crippen molar-refractivity contribution in [2.75, 3.05) is 0 Å². The van der Waals surface area contributed by atoms with Gasteiger partial charge in [-0.05, 0) is 12.1 Å². The first-order valence-electron chi connectivity index (χ1n) is 3.05. The Balaban J connectivity index is 3.44. The van der Waals surface area contributed by atoms with Crippen LogP contribution in [0.25, 0.3) is 0 Å². The predicted molar refractivity (Wildman–Crippen MR) is 50.4 cm³/mol. The van der Waals surface area contributed by atoms with Crippen molar-refractivity contribution in [3.05, 3.63) is 23.3 Å². The zero-order chi connectivity index (χ0) is 9.14. The number of nitrogens with zero attached hydrogens (tertiary/aromatic N) is 2. The molecule has 1 aromatic carbocycles. The lowest BCUT2D eigenvalue weighted by Gasteiger charge is -1.99. The minimum atomic E-state index is 0.334. The molecule has 0 heterocycles. The predicted octanol–water partition coefficient (Wildman–Crippen LogP) is 2.01. The molecule has 0 spiro atoms. The van der Waals surface area contributed by atoms with E-state index >= 15 is 0 Å². The van der Waals surface area contributed by atoms with Gasteiger partial charge < -0.3 is 0 Å². The van der Waals surface area contributed by atoms with Gasteiger partial charge in [0, 0.05) is 9.79 Å². The molecule has 0 saturated heterocycles. The lowest BCUT2D eigenvalue weighted by atomic mass is 10.1. The van der Waals surface area contributed by atoms with E-state index < -0.39 is 0 Å². The normalized spacial score (nSPS) is 8.67. The average Bonchev–Trinajstić information content (AvgIpc) is 2.09. The largest absolute Gasteiger partial charge is 0.192 e. The van der Waals surface area contributed by atoms with Crippen molar-refractivity contribution in [1.29, 1.82) is 10.5 Å². The summed E-state index contributed by atoms with van der Waals surface area (Å²) in [5.74, 6) is 0. The van der Waals surface area contributed by atoms with Crippen molar-refractivity contribution in [3.8, 4) is 12.1 Å². The Bertz CT molecular complexity index is 360. The molecule has 1 aromatic rings. The van der Waals surface area contributed by atoms with Crippen LogP contribution in [0.5, 0.6) is 0 Å². The molecule has 0 radical (unpaired) electrons. The Morgan fingerprint density at radius 2 is 1.25 bits per heavy atom. The molecular formula is C8H4N2S2. The summed E-state index contributed by atoms with van der Waals surface area (Å²) in [7, 11) is 0. The van der Waals surface area contributed by atoms with E-state index in [0.717, 1.165) is 0 Å². The maximum absolute atomic E-state index is 8.60. The van der Waals surface area contributed by atoms with Crippen molar-refractivity contribution < 1.29 is 0 Å².